The van der Waals surface area contributed by atoms with E-state index >= 15 is 0 Å². The summed E-state index contributed by atoms with van der Waals surface area (Å²) in [4.78, 5) is 12.5. The lowest BCUT2D eigenvalue weighted by Crippen LogP contribution is -2.45. The summed E-state index contributed by atoms with van der Waals surface area (Å²) in [6.45, 7) is 4.35. The molecule has 0 aromatic heterocycles. The highest BCUT2D eigenvalue weighted by molar-refractivity contribution is 5.76. The zero-order valence-corrected chi connectivity index (χ0v) is 43.8. The van der Waals surface area contributed by atoms with Crippen LogP contribution in [0.4, 0.5) is 0 Å². The second kappa shape index (κ2) is 56.2. The highest BCUT2D eigenvalue weighted by Crippen LogP contribution is 2.18. The Labute approximate surface area is 402 Å². The van der Waals surface area contributed by atoms with E-state index in [2.05, 4.69) is 31.3 Å². The van der Waals surface area contributed by atoms with Crippen LogP contribution in [-0.4, -0.2) is 34.9 Å². The Morgan fingerprint density at radius 2 is 0.594 bits per heavy atom. The van der Waals surface area contributed by atoms with Gasteiger partial charge in [0.25, 0.3) is 0 Å². The highest BCUT2D eigenvalue weighted by atomic mass is 16.3. The van der Waals surface area contributed by atoms with E-state index < -0.39 is 12.1 Å². The average Bonchev–Trinajstić information content (AvgIpc) is 3.30. The van der Waals surface area contributed by atoms with Gasteiger partial charge < -0.3 is 15.5 Å². The van der Waals surface area contributed by atoms with Crippen LogP contribution in [0.2, 0.25) is 0 Å². The van der Waals surface area contributed by atoms with Crippen molar-refractivity contribution in [3.8, 4) is 0 Å². The van der Waals surface area contributed by atoms with E-state index in [9.17, 15) is 15.0 Å². The molecular formula is C60H117NO3. The number of aliphatic hydroxyl groups is 2. The first-order valence-corrected chi connectivity index (χ1v) is 29.6. The molecule has 1 amide bonds. The zero-order chi connectivity index (χ0) is 46.3. The molecule has 2 unspecified atom stereocenters. The lowest BCUT2D eigenvalue weighted by atomic mass is 10.0. The lowest BCUT2D eigenvalue weighted by molar-refractivity contribution is -0.123. The van der Waals surface area contributed by atoms with Gasteiger partial charge in [-0.3, -0.25) is 4.79 Å². The van der Waals surface area contributed by atoms with Crippen molar-refractivity contribution in [1.82, 2.24) is 5.32 Å². The summed E-state index contributed by atoms with van der Waals surface area (Å²) < 4.78 is 0. The summed E-state index contributed by atoms with van der Waals surface area (Å²) in [6.07, 6.45) is 75.0. The van der Waals surface area contributed by atoms with E-state index in [1.54, 1.807) is 6.08 Å². The van der Waals surface area contributed by atoms with Gasteiger partial charge in [0.2, 0.25) is 5.91 Å². The maximum Gasteiger partial charge on any atom is 0.220 e. The maximum atomic E-state index is 12.5. The number of carbonyl (C=O) groups is 1. The second-order valence-electron chi connectivity index (χ2n) is 20.4. The number of hydrogen-bond donors (Lipinski definition) is 3. The first-order valence-electron chi connectivity index (χ1n) is 29.6. The third-order valence-electron chi connectivity index (χ3n) is 13.9. The summed E-state index contributed by atoms with van der Waals surface area (Å²) in [5.41, 5.74) is 0. The molecule has 2 atom stereocenters. The van der Waals surface area contributed by atoms with Crippen molar-refractivity contribution in [2.45, 2.75) is 347 Å². The van der Waals surface area contributed by atoms with Gasteiger partial charge in [0.1, 0.15) is 0 Å². The number of rotatable bonds is 55. The maximum absolute atomic E-state index is 12.5. The van der Waals surface area contributed by atoms with Crippen LogP contribution in [0.3, 0.4) is 0 Å². The summed E-state index contributed by atoms with van der Waals surface area (Å²) in [5.74, 6) is -0.0609. The molecule has 0 aromatic rings. The average molecular weight is 901 g/mol. The molecule has 0 aliphatic rings. The minimum Gasteiger partial charge on any atom is -0.394 e. The molecule has 64 heavy (non-hydrogen) atoms. The molecule has 0 saturated carbocycles. The van der Waals surface area contributed by atoms with Gasteiger partial charge in [-0.2, -0.15) is 0 Å². The molecule has 0 bridgehead atoms. The molecule has 0 heterocycles. The summed E-state index contributed by atoms with van der Waals surface area (Å²) in [5, 5.41) is 23.2. The first-order chi connectivity index (χ1) is 31.7. The largest absolute Gasteiger partial charge is 0.394 e. The SMILES string of the molecule is CCCCCCCCCC/C=C\CCCCCCCCCCCC(=O)NC(CO)C(O)/C=C/CCCCCCCCCCCCCCCCCCCCCCCCCCCCCCC. The molecular weight excluding hydrogens is 783 g/mol. The molecule has 380 valence electrons. The Morgan fingerprint density at radius 1 is 0.359 bits per heavy atom. The van der Waals surface area contributed by atoms with Gasteiger partial charge in [-0.15, -0.1) is 0 Å². The quantitative estimate of drug-likeness (QED) is 0.0421. The zero-order valence-electron chi connectivity index (χ0n) is 43.8. The van der Waals surface area contributed by atoms with Crippen molar-refractivity contribution < 1.29 is 15.0 Å². The molecule has 0 spiro atoms. The normalized spacial score (nSPS) is 12.9. The van der Waals surface area contributed by atoms with Crippen molar-refractivity contribution in [2.24, 2.45) is 0 Å². The first kappa shape index (κ1) is 62.9. The van der Waals surface area contributed by atoms with Gasteiger partial charge in [0.05, 0.1) is 18.8 Å². The number of hydrogen-bond acceptors (Lipinski definition) is 3. The smallest absolute Gasteiger partial charge is 0.220 e. The molecule has 0 saturated heterocycles. The van der Waals surface area contributed by atoms with Crippen LogP contribution >= 0.6 is 0 Å². The number of amides is 1. The molecule has 0 radical (unpaired) electrons. The topological polar surface area (TPSA) is 69.6 Å². The molecule has 4 heteroatoms. The number of nitrogens with one attached hydrogen (secondary N) is 1. The molecule has 0 aliphatic heterocycles. The van der Waals surface area contributed by atoms with Crippen LogP contribution in [0, 0.1) is 0 Å². The molecule has 3 N–H and O–H groups in total. The minimum absolute atomic E-state index is 0.0609. The van der Waals surface area contributed by atoms with Crippen LogP contribution in [0.5, 0.6) is 0 Å². The van der Waals surface area contributed by atoms with Crippen LogP contribution in [0.25, 0.3) is 0 Å². The molecule has 0 aliphatic carbocycles. The van der Waals surface area contributed by atoms with Crippen molar-refractivity contribution >= 4 is 5.91 Å². The van der Waals surface area contributed by atoms with Crippen molar-refractivity contribution in [1.29, 1.82) is 0 Å². The number of unbranched alkanes of at least 4 members (excludes halogenated alkanes) is 46. The molecule has 0 fully saturated rings. The number of aliphatic hydroxyl groups excluding tert-OH is 2. The minimum atomic E-state index is -0.839. The predicted molar refractivity (Wildman–Crippen MR) is 286 cm³/mol. The van der Waals surface area contributed by atoms with Gasteiger partial charge >= 0.3 is 0 Å². The Bertz CT molecular complexity index is 932. The van der Waals surface area contributed by atoms with Crippen molar-refractivity contribution in [2.75, 3.05) is 6.61 Å². The summed E-state index contributed by atoms with van der Waals surface area (Å²) in [6, 6.07) is -0.623. The fourth-order valence-corrected chi connectivity index (χ4v) is 9.41. The van der Waals surface area contributed by atoms with E-state index in [0.29, 0.717) is 6.42 Å². The number of carbonyl (C=O) groups excluding carboxylic acids is 1. The van der Waals surface area contributed by atoms with Gasteiger partial charge in [-0.05, 0) is 44.9 Å². The molecule has 0 aromatic carbocycles. The van der Waals surface area contributed by atoms with Gasteiger partial charge in [-0.1, -0.05) is 308 Å². The second-order valence-corrected chi connectivity index (χ2v) is 20.4. The van der Waals surface area contributed by atoms with E-state index in [4.69, 9.17) is 0 Å². The Balaban J connectivity index is 3.44. The van der Waals surface area contributed by atoms with Crippen molar-refractivity contribution in [3.63, 3.8) is 0 Å². The van der Waals surface area contributed by atoms with Crippen LogP contribution in [-0.2, 0) is 4.79 Å². The Kier molecular flexibility index (Phi) is 55.2. The van der Waals surface area contributed by atoms with Gasteiger partial charge in [-0.25, -0.2) is 0 Å². The monoisotopic (exact) mass is 900 g/mol. The van der Waals surface area contributed by atoms with Gasteiger partial charge in [0.15, 0.2) is 0 Å². The molecule has 0 rings (SSSR count). The Morgan fingerprint density at radius 3 is 0.859 bits per heavy atom. The van der Waals surface area contributed by atoms with E-state index in [1.165, 1.54) is 289 Å². The summed E-state index contributed by atoms with van der Waals surface area (Å²) in [7, 11) is 0. The third-order valence-corrected chi connectivity index (χ3v) is 13.9. The van der Waals surface area contributed by atoms with Crippen LogP contribution in [0.15, 0.2) is 24.3 Å². The molecule has 4 nitrogen and oxygen atoms in total. The fourth-order valence-electron chi connectivity index (χ4n) is 9.41. The summed E-state index contributed by atoms with van der Waals surface area (Å²) >= 11 is 0. The van der Waals surface area contributed by atoms with Crippen LogP contribution < -0.4 is 5.32 Å². The van der Waals surface area contributed by atoms with E-state index in [0.717, 1.165) is 25.7 Å². The van der Waals surface area contributed by atoms with Crippen LogP contribution in [0.1, 0.15) is 335 Å². The Hall–Kier alpha value is -1.13. The van der Waals surface area contributed by atoms with Gasteiger partial charge in [0, 0.05) is 6.42 Å². The standard InChI is InChI=1S/C60H117NO3/c1-3-5-7-9-11-13-15-17-19-21-23-25-26-27-28-29-30-31-32-33-34-36-37-39-41-43-45-47-49-51-53-55-59(63)58(57-62)61-60(64)56-54-52-50-48-46-44-42-40-38-35-24-22-20-18-16-14-12-10-8-6-4-2/h22,24,53,55,58-59,62-63H,3-21,23,25-52,54,56-57H2,1-2H3,(H,61,64)/b24-22-,55-53+. The van der Waals surface area contributed by atoms with E-state index in [1.807, 2.05) is 6.08 Å². The highest BCUT2D eigenvalue weighted by Gasteiger charge is 2.18. The van der Waals surface area contributed by atoms with Crippen molar-refractivity contribution in [3.05, 3.63) is 24.3 Å². The number of allylic oxidation sites excluding steroid dienone is 3. The third kappa shape index (κ3) is 51.8. The fraction of sp³-hybridized carbons (Fsp3) is 0.917. The van der Waals surface area contributed by atoms with E-state index in [-0.39, 0.29) is 12.5 Å². The lowest BCUT2D eigenvalue weighted by Gasteiger charge is -2.20. The predicted octanol–water partition coefficient (Wildman–Crippen LogP) is 19.5.